The topological polar surface area (TPSA) is 92.1 Å². The fraction of sp³-hybridized carbons (Fsp3) is 0.200. The number of amides is 1. The number of aryl methyl sites for hydroxylation is 3. The van der Waals surface area contributed by atoms with Crippen LogP contribution in [0, 0.1) is 20.8 Å². The summed E-state index contributed by atoms with van der Waals surface area (Å²) in [6.45, 7) is 6.36. The maximum atomic E-state index is 12.6. The van der Waals surface area contributed by atoms with Crippen LogP contribution < -0.4 is 10.9 Å². The van der Waals surface area contributed by atoms with Gasteiger partial charge in [0.1, 0.15) is 0 Å². The molecule has 0 saturated carbocycles. The second-order valence-corrected chi connectivity index (χ2v) is 6.77. The van der Waals surface area contributed by atoms with Crippen LogP contribution in [0.5, 0.6) is 0 Å². The van der Waals surface area contributed by atoms with Crippen LogP contribution in [0.1, 0.15) is 32.7 Å². The minimum Gasteiger partial charge on any atom is -0.346 e. The van der Waals surface area contributed by atoms with Gasteiger partial charge in [-0.05, 0) is 55.2 Å². The molecule has 0 fully saturated rings. The SMILES string of the molecule is Cc1ccc2c(c1)[nH]c(=O)c1c(C(=O)NCc3ccc(C)c(C)c3)nnn12. The van der Waals surface area contributed by atoms with Crippen LogP contribution >= 0.6 is 0 Å². The summed E-state index contributed by atoms with van der Waals surface area (Å²) in [6, 6.07) is 11.6. The largest absolute Gasteiger partial charge is 0.346 e. The normalized spacial score (nSPS) is 11.2. The Hall–Kier alpha value is -3.48. The standard InChI is InChI=1S/C20H19N5O2/c1-11-4-7-16-15(8-11)22-20(27)18-17(23-24-25(16)18)19(26)21-10-14-6-5-12(2)13(3)9-14/h4-9H,10H2,1-3H3,(H,21,26)(H,22,27). The van der Waals surface area contributed by atoms with Gasteiger partial charge in [0.15, 0.2) is 11.2 Å². The Balaban J connectivity index is 1.69. The van der Waals surface area contributed by atoms with Crippen molar-refractivity contribution >= 4 is 22.5 Å². The van der Waals surface area contributed by atoms with E-state index in [2.05, 4.69) is 20.6 Å². The summed E-state index contributed by atoms with van der Waals surface area (Å²) in [5.41, 5.74) is 5.47. The van der Waals surface area contributed by atoms with Crippen molar-refractivity contribution in [2.24, 2.45) is 0 Å². The van der Waals surface area contributed by atoms with Crippen LogP contribution in [0.3, 0.4) is 0 Å². The molecule has 0 bridgehead atoms. The molecule has 0 spiro atoms. The number of fused-ring (bicyclic) bond motifs is 3. The molecule has 2 N–H and O–H groups in total. The molecule has 4 rings (SSSR count). The lowest BCUT2D eigenvalue weighted by Crippen LogP contribution is -2.25. The first-order valence-corrected chi connectivity index (χ1v) is 8.66. The third-order valence-corrected chi connectivity index (χ3v) is 4.75. The fourth-order valence-electron chi connectivity index (χ4n) is 3.10. The average Bonchev–Trinajstić information content (AvgIpc) is 3.08. The summed E-state index contributed by atoms with van der Waals surface area (Å²) in [7, 11) is 0. The minimum atomic E-state index is -0.430. The van der Waals surface area contributed by atoms with Gasteiger partial charge in [-0.25, -0.2) is 4.52 Å². The van der Waals surface area contributed by atoms with Crippen LogP contribution in [0.2, 0.25) is 0 Å². The molecule has 0 aliphatic carbocycles. The molecule has 27 heavy (non-hydrogen) atoms. The Morgan fingerprint density at radius 3 is 2.70 bits per heavy atom. The van der Waals surface area contributed by atoms with Crippen LogP contribution in [0.4, 0.5) is 0 Å². The van der Waals surface area contributed by atoms with E-state index < -0.39 is 11.5 Å². The predicted molar refractivity (Wildman–Crippen MR) is 103 cm³/mol. The lowest BCUT2D eigenvalue weighted by molar-refractivity contribution is 0.0947. The maximum absolute atomic E-state index is 12.6. The average molecular weight is 361 g/mol. The molecule has 2 heterocycles. The molecule has 0 aliphatic heterocycles. The highest BCUT2D eigenvalue weighted by molar-refractivity contribution is 5.99. The number of hydrogen-bond donors (Lipinski definition) is 2. The lowest BCUT2D eigenvalue weighted by atomic mass is 10.1. The number of carbonyl (C=O) groups excluding carboxylic acids is 1. The number of carbonyl (C=O) groups is 1. The summed E-state index contributed by atoms with van der Waals surface area (Å²) in [5, 5.41) is 10.8. The van der Waals surface area contributed by atoms with Crippen molar-refractivity contribution in [3.8, 4) is 0 Å². The molecule has 2 aromatic carbocycles. The van der Waals surface area contributed by atoms with Crippen LogP contribution in [0.15, 0.2) is 41.2 Å². The Bertz CT molecular complexity index is 1250. The van der Waals surface area contributed by atoms with Crippen molar-refractivity contribution < 1.29 is 4.79 Å². The van der Waals surface area contributed by atoms with E-state index in [0.29, 0.717) is 17.6 Å². The van der Waals surface area contributed by atoms with E-state index >= 15 is 0 Å². The molecule has 0 atom stereocenters. The van der Waals surface area contributed by atoms with Crippen molar-refractivity contribution in [2.75, 3.05) is 0 Å². The number of nitrogens with one attached hydrogen (secondary N) is 2. The first kappa shape index (κ1) is 17.0. The number of nitrogens with zero attached hydrogens (tertiary/aromatic N) is 3. The fourth-order valence-corrected chi connectivity index (χ4v) is 3.10. The van der Waals surface area contributed by atoms with Crippen LogP contribution in [-0.2, 0) is 6.54 Å². The van der Waals surface area contributed by atoms with Gasteiger partial charge in [0.25, 0.3) is 11.5 Å². The zero-order chi connectivity index (χ0) is 19.1. The number of H-pyrrole nitrogens is 1. The quantitative estimate of drug-likeness (QED) is 0.586. The lowest BCUT2D eigenvalue weighted by Gasteiger charge is -2.06. The van der Waals surface area contributed by atoms with Gasteiger partial charge in [-0.1, -0.05) is 29.5 Å². The molecule has 0 aliphatic rings. The van der Waals surface area contributed by atoms with Gasteiger partial charge in [0, 0.05) is 6.54 Å². The summed E-state index contributed by atoms with van der Waals surface area (Å²) < 4.78 is 1.42. The van der Waals surface area contributed by atoms with Crippen LogP contribution in [0.25, 0.3) is 16.6 Å². The van der Waals surface area contributed by atoms with Gasteiger partial charge in [0.2, 0.25) is 0 Å². The summed E-state index contributed by atoms with van der Waals surface area (Å²) in [5.74, 6) is -0.430. The van der Waals surface area contributed by atoms with Crippen molar-refractivity contribution in [2.45, 2.75) is 27.3 Å². The van der Waals surface area contributed by atoms with Crippen LogP contribution in [-0.4, -0.2) is 25.7 Å². The first-order chi connectivity index (χ1) is 12.9. The molecule has 7 heteroatoms. The molecule has 2 aromatic heterocycles. The molecule has 7 nitrogen and oxygen atoms in total. The molecule has 0 unspecified atom stereocenters. The van der Waals surface area contributed by atoms with Gasteiger partial charge < -0.3 is 10.3 Å². The Morgan fingerprint density at radius 2 is 1.93 bits per heavy atom. The number of aromatic nitrogens is 4. The third-order valence-electron chi connectivity index (χ3n) is 4.75. The molecule has 0 saturated heterocycles. The van der Waals surface area contributed by atoms with E-state index in [9.17, 15) is 9.59 Å². The molecule has 1 amide bonds. The van der Waals surface area contributed by atoms with E-state index in [1.165, 1.54) is 10.1 Å². The minimum absolute atomic E-state index is 0.0163. The second-order valence-electron chi connectivity index (χ2n) is 6.77. The number of rotatable bonds is 3. The Morgan fingerprint density at radius 1 is 1.11 bits per heavy atom. The van der Waals surface area contributed by atoms with E-state index in [0.717, 1.165) is 16.7 Å². The summed E-state index contributed by atoms with van der Waals surface area (Å²) >= 11 is 0. The third kappa shape index (κ3) is 2.97. The van der Waals surface area contributed by atoms with E-state index in [4.69, 9.17) is 0 Å². The van der Waals surface area contributed by atoms with Gasteiger partial charge in [-0.15, -0.1) is 5.10 Å². The number of hydrogen-bond acceptors (Lipinski definition) is 4. The van der Waals surface area contributed by atoms with Crippen molar-refractivity contribution in [1.29, 1.82) is 0 Å². The predicted octanol–water partition coefficient (Wildman–Crippen LogP) is 2.43. The monoisotopic (exact) mass is 361 g/mol. The number of benzene rings is 2. The van der Waals surface area contributed by atoms with Crippen molar-refractivity contribution in [3.05, 3.63) is 74.7 Å². The first-order valence-electron chi connectivity index (χ1n) is 8.66. The van der Waals surface area contributed by atoms with E-state index in [1.54, 1.807) is 0 Å². The molecular formula is C20H19N5O2. The van der Waals surface area contributed by atoms with Crippen molar-refractivity contribution in [3.63, 3.8) is 0 Å². The van der Waals surface area contributed by atoms with E-state index in [-0.39, 0.29) is 11.2 Å². The summed E-state index contributed by atoms with van der Waals surface area (Å²) in [6.07, 6.45) is 0. The smallest absolute Gasteiger partial charge is 0.277 e. The zero-order valence-corrected chi connectivity index (χ0v) is 15.3. The van der Waals surface area contributed by atoms with Gasteiger partial charge in [-0.2, -0.15) is 0 Å². The van der Waals surface area contributed by atoms with E-state index in [1.807, 2.05) is 57.2 Å². The second kappa shape index (κ2) is 6.35. The van der Waals surface area contributed by atoms with Gasteiger partial charge in [0.05, 0.1) is 11.0 Å². The highest BCUT2D eigenvalue weighted by Crippen LogP contribution is 2.15. The van der Waals surface area contributed by atoms with Gasteiger partial charge in [-0.3, -0.25) is 9.59 Å². The number of aromatic amines is 1. The Labute approximate surface area is 155 Å². The van der Waals surface area contributed by atoms with Gasteiger partial charge >= 0.3 is 0 Å². The highest BCUT2D eigenvalue weighted by Gasteiger charge is 2.19. The molecule has 0 radical (unpaired) electrons. The summed E-state index contributed by atoms with van der Waals surface area (Å²) in [4.78, 5) is 27.9. The molecular weight excluding hydrogens is 342 g/mol. The molecule has 4 aromatic rings. The molecule has 136 valence electrons. The Kier molecular flexibility index (Phi) is 3.99. The maximum Gasteiger partial charge on any atom is 0.277 e. The van der Waals surface area contributed by atoms with Crippen molar-refractivity contribution in [1.82, 2.24) is 25.1 Å². The highest BCUT2D eigenvalue weighted by atomic mass is 16.2. The zero-order valence-electron chi connectivity index (χ0n) is 15.3.